The topological polar surface area (TPSA) is 26.3 Å². The summed E-state index contributed by atoms with van der Waals surface area (Å²) in [7, 11) is 0. The second-order valence-electron chi connectivity index (χ2n) is 2.80. The normalized spacial score (nSPS) is 12.2. The standard InChI is InChI=1S/C10H11FO2/c1-7(13-8(2)12)9-3-5-10(11)6-4-9/h3-7H,1-2H3. The Morgan fingerprint density at radius 3 is 2.38 bits per heavy atom. The molecule has 0 radical (unpaired) electrons. The van der Waals surface area contributed by atoms with E-state index in [-0.39, 0.29) is 17.9 Å². The van der Waals surface area contributed by atoms with Crippen molar-refractivity contribution in [3.05, 3.63) is 35.6 Å². The van der Waals surface area contributed by atoms with Gasteiger partial charge >= 0.3 is 5.97 Å². The molecule has 0 saturated heterocycles. The van der Waals surface area contributed by atoms with E-state index < -0.39 is 0 Å². The van der Waals surface area contributed by atoms with Crippen LogP contribution >= 0.6 is 0 Å². The van der Waals surface area contributed by atoms with Gasteiger partial charge in [0.05, 0.1) is 0 Å². The summed E-state index contributed by atoms with van der Waals surface area (Å²) < 4.78 is 17.4. The van der Waals surface area contributed by atoms with E-state index in [1.807, 2.05) is 0 Å². The largest absolute Gasteiger partial charge is 0.458 e. The van der Waals surface area contributed by atoms with Crippen LogP contribution in [0.1, 0.15) is 25.5 Å². The van der Waals surface area contributed by atoms with Crippen LogP contribution in [-0.4, -0.2) is 5.97 Å². The Morgan fingerprint density at radius 1 is 1.38 bits per heavy atom. The fourth-order valence-corrected chi connectivity index (χ4v) is 1.05. The third-order valence-electron chi connectivity index (χ3n) is 1.68. The first-order valence-corrected chi connectivity index (χ1v) is 4.02. The first kappa shape index (κ1) is 9.71. The number of rotatable bonds is 2. The molecule has 1 unspecified atom stereocenters. The van der Waals surface area contributed by atoms with Gasteiger partial charge in [-0.05, 0) is 24.6 Å². The van der Waals surface area contributed by atoms with Crippen LogP contribution in [0.3, 0.4) is 0 Å². The fraction of sp³-hybridized carbons (Fsp3) is 0.300. The summed E-state index contributed by atoms with van der Waals surface area (Å²) in [5.74, 6) is -0.629. The van der Waals surface area contributed by atoms with Gasteiger partial charge in [-0.1, -0.05) is 12.1 Å². The fourth-order valence-electron chi connectivity index (χ4n) is 1.05. The molecule has 1 rings (SSSR count). The van der Waals surface area contributed by atoms with E-state index in [2.05, 4.69) is 0 Å². The van der Waals surface area contributed by atoms with Crippen molar-refractivity contribution in [1.29, 1.82) is 0 Å². The maximum Gasteiger partial charge on any atom is 0.303 e. The number of hydrogen-bond donors (Lipinski definition) is 0. The lowest BCUT2D eigenvalue weighted by Crippen LogP contribution is -2.04. The number of benzene rings is 1. The van der Waals surface area contributed by atoms with Crippen LogP contribution in [0.2, 0.25) is 0 Å². The molecule has 1 atom stereocenters. The first-order valence-electron chi connectivity index (χ1n) is 4.02. The van der Waals surface area contributed by atoms with E-state index in [9.17, 15) is 9.18 Å². The van der Waals surface area contributed by atoms with Crippen LogP contribution in [0.4, 0.5) is 4.39 Å². The lowest BCUT2D eigenvalue weighted by molar-refractivity contribution is -0.145. The number of esters is 1. The van der Waals surface area contributed by atoms with Crippen molar-refractivity contribution < 1.29 is 13.9 Å². The van der Waals surface area contributed by atoms with Gasteiger partial charge in [0.25, 0.3) is 0 Å². The molecule has 2 nitrogen and oxygen atoms in total. The van der Waals surface area contributed by atoms with Gasteiger partial charge in [-0.25, -0.2) is 4.39 Å². The summed E-state index contributed by atoms with van der Waals surface area (Å²) in [5, 5.41) is 0. The van der Waals surface area contributed by atoms with Gasteiger partial charge in [0.2, 0.25) is 0 Å². The Balaban J connectivity index is 2.71. The average Bonchev–Trinajstić information content (AvgIpc) is 2.04. The van der Waals surface area contributed by atoms with Crippen LogP contribution in [-0.2, 0) is 9.53 Å². The molecular formula is C10H11FO2. The highest BCUT2D eigenvalue weighted by Gasteiger charge is 2.07. The SMILES string of the molecule is CC(=O)OC(C)c1ccc(F)cc1. The van der Waals surface area contributed by atoms with E-state index in [1.54, 1.807) is 19.1 Å². The van der Waals surface area contributed by atoms with Gasteiger partial charge in [-0.15, -0.1) is 0 Å². The molecule has 0 aliphatic rings. The average molecular weight is 182 g/mol. The number of hydrogen-bond acceptors (Lipinski definition) is 2. The van der Waals surface area contributed by atoms with E-state index >= 15 is 0 Å². The number of carbonyl (C=O) groups excluding carboxylic acids is 1. The third kappa shape index (κ3) is 2.86. The van der Waals surface area contributed by atoms with Crippen molar-refractivity contribution in [2.24, 2.45) is 0 Å². The monoisotopic (exact) mass is 182 g/mol. The molecule has 13 heavy (non-hydrogen) atoms. The molecule has 0 heterocycles. The third-order valence-corrected chi connectivity index (χ3v) is 1.68. The van der Waals surface area contributed by atoms with Crippen LogP contribution < -0.4 is 0 Å². The van der Waals surface area contributed by atoms with Gasteiger partial charge < -0.3 is 4.74 Å². The summed E-state index contributed by atoms with van der Waals surface area (Å²) in [6.45, 7) is 3.09. The second kappa shape index (κ2) is 4.03. The van der Waals surface area contributed by atoms with E-state index in [0.29, 0.717) is 0 Å². The second-order valence-corrected chi connectivity index (χ2v) is 2.80. The Labute approximate surface area is 76.3 Å². The van der Waals surface area contributed by atoms with Crippen molar-refractivity contribution in [3.63, 3.8) is 0 Å². The minimum absolute atomic E-state index is 0.293. The van der Waals surface area contributed by atoms with Crippen LogP contribution in [0.15, 0.2) is 24.3 Å². The number of ether oxygens (including phenoxy) is 1. The van der Waals surface area contributed by atoms with Crippen LogP contribution in [0.5, 0.6) is 0 Å². The molecule has 0 saturated carbocycles. The summed E-state index contributed by atoms with van der Waals surface area (Å²) in [5.41, 5.74) is 0.789. The van der Waals surface area contributed by atoms with Crippen molar-refractivity contribution >= 4 is 5.97 Å². The zero-order valence-corrected chi connectivity index (χ0v) is 7.58. The highest BCUT2D eigenvalue weighted by Crippen LogP contribution is 2.16. The first-order chi connectivity index (χ1) is 6.09. The summed E-state index contributed by atoms with van der Waals surface area (Å²) in [4.78, 5) is 10.6. The Hall–Kier alpha value is -1.38. The number of halogens is 1. The van der Waals surface area contributed by atoms with Crippen molar-refractivity contribution in [2.75, 3.05) is 0 Å². The minimum Gasteiger partial charge on any atom is -0.458 e. The highest BCUT2D eigenvalue weighted by atomic mass is 19.1. The summed E-state index contributed by atoms with van der Waals surface area (Å²) >= 11 is 0. The predicted octanol–water partition coefficient (Wildman–Crippen LogP) is 2.45. The lowest BCUT2D eigenvalue weighted by Gasteiger charge is -2.11. The zero-order valence-electron chi connectivity index (χ0n) is 7.58. The van der Waals surface area contributed by atoms with Gasteiger partial charge in [0, 0.05) is 6.92 Å². The molecule has 0 aromatic heterocycles. The minimum atomic E-state index is -0.336. The molecule has 0 aliphatic heterocycles. The van der Waals surface area contributed by atoms with Crippen LogP contribution in [0.25, 0.3) is 0 Å². The van der Waals surface area contributed by atoms with E-state index in [1.165, 1.54) is 19.1 Å². The van der Waals surface area contributed by atoms with E-state index in [4.69, 9.17) is 4.74 Å². The van der Waals surface area contributed by atoms with Crippen molar-refractivity contribution in [2.45, 2.75) is 20.0 Å². The Kier molecular flexibility index (Phi) is 3.01. The van der Waals surface area contributed by atoms with Gasteiger partial charge in [-0.3, -0.25) is 4.79 Å². The molecule has 0 N–H and O–H groups in total. The summed E-state index contributed by atoms with van der Waals surface area (Å²) in [6, 6.07) is 5.89. The molecule has 1 aromatic carbocycles. The smallest absolute Gasteiger partial charge is 0.303 e. The van der Waals surface area contributed by atoms with Crippen molar-refractivity contribution in [1.82, 2.24) is 0 Å². The van der Waals surface area contributed by atoms with Gasteiger partial charge in [0.1, 0.15) is 11.9 Å². The molecule has 70 valence electrons. The zero-order chi connectivity index (χ0) is 9.84. The summed E-state index contributed by atoms with van der Waals surface area (Å²) in [6.07, 6.45) is -0.321. The molecule has 0 fully saturated rings. The maximum absolute atomic E-state index is 12.5. The lowest BCUT2D eigenvalue weighted by atomic mass is 10.1. The molecule has 0 spiro atoms. The molecular weight excluding hydrogens is 171 g/mol. The van der Waals surface area contributed by atoms with Gasteiger partial charge in [0.15, 0.2) is 0 Å². The quantitative estimate of drug-likeness (QED) is 0.656. The highest BCUT2D eigenvalue weighted by molar-refractivity contribution is 5.66. The molecule has 1 aromatic rings. The predicted molar refractivity (Wildman–Crippen MR) is 46.6 cm³/mol. The molecule has 3 heteroatoms. The van der Waals surface area contributed by atoms with Gasteiger partial charge in [-0.2, -0.15) is 0 Å². The molecule has 0 bridgehead atoms. The number of carbonyl (C=O) groups is 1. The molecule has 0 amide bonds. The maximum atomic E-state index is 12.5. The Morgan fingerprint density at radius 2 is 1.92 bits per heavy atom. The van der Waals surface area contributed by atoms with Crippen LogP contribution in [0, 0.1) is 5.82 Å². The van der Waals surface area contributed by atoms with E-state index in [0.717, 1.165) is 5.56 Å². The molecule has 0 aliphatic carbocycles. The van der Waals surface area contributed by atoms with Crippen molar-refractivity contribution in [3.8, 4) is 0 Å². The Bertz CT molecular complexity index is 292.